The predicted molar refractivity (Wildman–Crippen MR) is 103 cm³/mol. The SMILES string of the molecule is CCn1nccc1CN(C)C(=S)Nc1ccn(Cc2ccccc2F)n1. The van der Waals surface area contributed by atoms with Crippen molar-refractivity contribution in [1.82, 2.24) is 24.5 Å². The highest BCUT2D eigenvalue weighted by atomic mass is 32.1. The maximum absolute atomic E-state index is 13.7. The van der Waals surface area contributed by atoms with E-state index in [9.17, 15) is 4.39 Å². The summed E-state index contributed by atoms with van der Waals surface area (Å²) in [7, 11) is 1.92. The Labute approximate surface area is 157 Å². The number of halogens is 1. The number of aromatic nitrogens is 4. The van der Waals surface area contributed by atoms with Crippen molar-refractivity contribution in [3.05, 3.63) is 65.9 Å². The van der Waals surface area contributed by atoms with E-state index in [1.807, 2.05) is 34.8 Å². The summed E-state index contributed by atoms with van der Waals surface area (Å²) >= 11 is 5.45. The minimum Gasteiger partial charge on any atom is -0.346 e. The van der Waals surface area contributed by atoms with Crippen LogP contribution in [0.4, 0.5) is 10.2 Å². The topological polar surface area (TPSA) is 50.9 Å². The van der Waals surface area contributed by atoms with Crippen LogP contribution in [-0.4, -0.2) is 36.6 Å². The minimum atomic E-state index is -0.236. The second-order valence-electron chi connectivity index (χ2n) is 5.91. The summed E-state index contributed by atoms with van der Waals surface area (Å²) in [5.41, 5.74) is 1.68. The third-order valence-corrected chi connectivity index (χ3v) is 4.43. The van der Waals surface area contributed by atoms with Gasteiger partial charge in [-0.05, 0) is 31.3 Å². The molecule has 0 atom stereocenters. The molecule has 0 amide bonds. The molecule has 1 N–H and O–H groups in total. The van der Waals surface area contributed by atoms with Crippen LogP contribution in [0.1, 0.15) is 18.2 Å². The van der Waals surface area contributed by atoms with Gasteiger partial charge in [-0.15, -0.1) is 0 Å². The van der Waals surface area contributed by atoms with Crippen LogP contribution in [0.25, 0.3) is 0 Å². The van der Waals surface area contributed by atoms with Gasteiger partial charge in [-0.1, -0.05) is 18.2 Å². The molecule has 2 heterocycles. The average Bonchev–Trinajstić information content (AvgIpc) is 3.26. The normalized spacial score (nSPS) is 10.7. The van der Waals surface area contributed by atoms with Gasteiger partial charge in [0.15, 0.2) is 10.9 Å². The monoisotopic (exact) mass is 372 g/mol. The fraction of sp³-hybridized carbons (Fsp3) is 0.278. The van der Waals surface area contributed by atoms with Crippen LogP contribution in [0.15, 0.2) is 48.8 Å². The molecule has 0 aliphatic carbocycles. The van der Waals surface area contributed by atoms with E-state index in [0.717, 1.165) is 12.2 Å². The van der Waals surface area contributed by atoms with Crippen molar-refractivity contribution < 1.29 is 4.39 Å². The van der Waals surface area contributed by atoms with Crippen molar-refractivity contribution in [3.8, 4) is 0 Å². The first-order chi connectivity index (χ1) is 12.6. The Hall–Kier alpha value is -2.74. The molecule has 26 heavy (non-hydrogen) atoms. The Kier molecular flexibility index (Phi) is 5.62. The molecule has 2 aromatic heterocycles. The molecule has 0 saturated heterocycles. The average molecular weight is 372 g/mol. The summed E-state index contributed by atoms with van der Waals surface area (Å²) in [6.45, 7) is 3.88. The van der Waals surface area contributed by atoms with Gasteiger partial charge in [0.2, 0.25) is 0 Å². The fourth-order valence-corrected chi connectivity index (χ4v) is 2.79. The fourth-order valence-electron chi connectivity index (χ4n) is 2.62. The van der Waals surface area contributed by atoms with Crippen molar-refractivity contribution in [2.75, 3.05) is 12.4 Å². The number of nitrogens with one attached hydrogen (secondary N) is 1. The summed E-state index contributed by atoms with van der Waals surface area (Å²) in [6.07, 6.45) is 3.58. The Balaban J connectivity index is 1.59. The first kappa shape index (κ1) is 18.1. The van der Waals surface area contributed by atoms with Crippen molar-refractivity contribution >= 4 is 23.1 Å². The van der Waals surface area contributed by atoms with Gasteiger partial charge in [0.1, 0.15) is 5.82 Å². The molecule has 136 valence electrons. The van der Waals surface area contributed by atoms with Crippen LogP contribution in [-0.2, 0) is 19.6 Å². The van der Waals surface area contributed by atoms with E-state index in [4.69, 9.17) is 12.2 Å². The minimum absolute atomic E-state index is 0.236. The molecule has 6 nitrogen and oxygen atoms in total. The van der Waals surface area contributed by atoms with Crippen molar-refractivity contribution in [1.29, 1.82) is 0 Å². The molecule has 0 radical (unpaired) electrons. The largest absolute Gasteiger partial charge is 0.346 e. The maximum atomic E-state index is 13.7. The number of hydrogen-bond donors (Lipinski definition) is 1. The van der Waals surface area contributed by atoms with E-state index in [2.05, 4.69) is 22.4 Å². The van der Waals surface area contributed by atoms with Crippen molar-refractivity contribution in [3.63, 3.8) is 0 Å². The van der Waals surface area contributed by atoms with Crippen LogP contribution >= 0.6 is 12.2 Å². The molecule has 3 rings (SSSR count). The molecule has 0 spiro atoms. The molecule has 8 heteroatoms. The number of hydrogen-bond acceptors (Lipinski definition) is 3. The Morgan fingerprint density at radius 1 is 1.27 bits per heavy atom. The van der Waals surface area contributed by atoms with E-state index < -0.39 is 0 Å². The third-order valence-electron chi connectivity index (χ3n) is 4.02. The highest BCUT2D eigenvalue weighted by molar-refractivity contribution is 7.80. The van der Waals surface area contributed by atoms with Crippen LogP contribution in [0.3, 0.4) is 0 Å². The van der Waals surface area contributed by atoms with E-state index in [1.54, 1.807) is 29.2 Å². The number of anilines is 1. The van der Waals surface area contributed by atoms with Crippen molar-refractivity contribution in [2.45, 2.75) is 26.6 Å². The zero-order valence-electron chi connectivity index (χ0n) is 14.8. The number of rotatable bonds is 6. The third kappa shape index (κ3) is 4.26. The Morgan fingerprint density at radius 2 is 2.08 bits per heavy atom. The van der Waals surface area contributed by atoms with Gasteiger partial charge in [0.05, 0.1) is 18.8 Å². The van der Waals surface area contributed by atoms with Gasteiger partial charge >= 0.3 is 0 Å². The van der Waals surface area contributed by atoms with Gasteiger partial charge in [-0.2, -0.15) is 10.2 Å². The zero-order chi connectivity index (χ0) is 18.5. The van der Waals surface area contributed by atoms with Crippen molar-refractivity contribution in [2.24, 2.45) is 0 Å². The molecule has 3 aromatic rings. The highest BCUT2D eigenvalue weighted by Crippen LogP contribution is 2.11. The molecule has 0 fully saturated rings. The quantitative estimate of drug-likeness (QED) is 0.674. The second kappa shape index (κ2) is 8.09. The van der Waals surface area contributed by atoms with E-state index in [-0.39, 0.29) is 5.82 Å². The molecule has 0 aliphatic heterocycles. The van der Waals surface area contributed by atoms with Gasteiger partial charge in [0.25, 0.3) is 0 Å². The lowest BCUT2D eigenvalue weighted by atomic mass is 10.2. The molecule has 1 aromatic carbocycles. The Morgan fingerprint density at radius 3 is 2.85 bits per heavy atom. The van der Waals surface area contributed by atoms with E-state index in [1.165, 1.54) is 6.07 Å². The number of thiocarbonyl (C=S) groups is 1. The number of benzene rings is 1. The number of nitrogens with zero attached hydrogens (tertiary/aromatic N) is 5. The van der Waals surface area contributed by atoms with Gasteiger partial charge in [0, 0.05) is 37.6 Å². The second-order valence-corrected chi connectivity index (χ2v) is 6.30. The lowest BCUT2D eigenvalue weighted by molar-refractivity contribution is 0.471. The molecular formula is C18H21FN6S. The maximum Gasteiger partial charge on any atom is 0.174 e. The first-order valence-corrected chi connectivity index (χ1v) is 8.77. The van der Waals surface area contributed by atoms with Crippen LogP contribution in [0.5, 0.6) is 0 Å². The molecule has 0 unspecified atom stereocenters. The predicted octanol–water partition coefficient (Wildman–Crippen LogP) is 3.12. The molecular weight excluding hydrogens is 351 g/mol. The molecule has 0 bridgehead atoms. The van der Waals surface area contributed by atoms with Crippen LogP contribution < -0.4 is 5.32 Å². The van der Waals surface area contributed by atoms with Gasteiger partial charge in [-0.25, -0.2) is 4.39 Å². The lowest BCUT2D eigenvalue weighted by Crippen LogP contribution is -2.31. The summed E-state index contributed by atoms with van der Waals surface area (Å²) < 4.78 is 17.4. The standard InChI is InChI=1S/C18H21FN6S/c1-3-25-15(8-10-20-25)13-23(2)18(26)21-17-9-11-24(22-17)12-14-6-4-5-7-16(14)19/h4-11H,3,12-13H2,1-2H3,(H,21,22,26). The summed E-state index contributed by atoms with van der Waals surface area (Å²) in [5.74, 6) is 0.391. The van der Waals surface area contributed by atoms with E-state index >= 15 is 0 Å². The van der Waals surface area contributed by atoms with Gasteiger partial charge in [-0.3, -0.25) is 9.36 Å². The molecule has 0 aliphatic rings. The van der Waals surface area contributed by atoms with Crippen LogP contribution in [0, 0.1) is 5.82 Å². The smallest absolute Gasteiger partial charge is 0.174 e. The highest BCUT2D eigenvalue weighted by Gasteiger charge is 2.10. The lowest BCUT2D eigenvalue weighted by Gasteiger charge is -2.20. The summed E-state index contributed by atoms with van der Waals surface area (Å²) in [4.78, 5) is 1.92. The summed E-state index contributed by atoms with van der Waals surface area (Å²) in [6, 6.07) is 10.5. The number of aryl methyl sites for hydroxylation is 1. The first-order valence-electron chi connectivity index (χ1n) is 8.36. The Bertz CT molecular complexity index is 887. The summed E-state index contributed by atoms with van der Waals surface area (Å²) in [5, 5.41) is 12.3. The molecule has 0 saturated carbocycles. The van der Waals surface area contributed by atoms with Crippen LogP contribution in [0.2, 0.25) is 0 Å². The zero-order valence-corrected chi connectivity index (χ0v) is 15.6. The van der Waals surface area contributed by atoms with E-state index in [0.29, 0.717) is 29.6 Å². The van der Waals surface area contributed by atoms with Gasteiger partial charge < -0.3 is 10.2 Å².